The van der Waals surface area contributed by atoms with Crippen LogP contribution in [0.5, 0.6) is 0 Å². The normalized spacial score (nSPS) is 14.5. The van der Waals surface area contributed by atoms with Crippen LogP contribution in [-0.2, 0) is 21.4 Å². The molecule has 1 aliphatic rings. The van der Waals surface area contributed by atoms with Crippen molar-refractivity contribution in [1.29, 1.82) is 0 Å². The lowest BCUT2D eigenvalue weighted by molar-refractivity contribution is -0.127. The molecular weight excluding hydrogens is 457 g/mol. The number of hydrogen-bond donors (Lipinski definition) is 1. The van der Waals surface area contributed by atoms with Crippen LogP contribution in [0.2, 0.25) is 0 Å². The Bertz CT molecular complexity index is 1400. The molecule has 9 heteroatoms. The number of sulfonamides is 1. The molecule has 1 N–H and O–H groups in total. The Balaban J connectivity index is 1.68. The summed E-state index contributed by atoms with van der Waals surface area (Å²) in [6, 6.07) is 10.8. The minimum Gasteiger partial charge on any atom is -0.343 e. The molecule has 180 valence electrons. The number of aryl methyl sites for hydroxylation is 2. The molecule has 1 aromatic heterocycles. The highest BCUT2D eigenvalue weighted by molar-refractivity contribution is 7.89. The Kier molecular flexibility index (Phi) is 6.86. The van der Waals surface area contributed by atoms with Gasteiger partial charge in [-0.05, 0) is 62.1 Å². The van der Waals surface area contributed by atoms with E-state index in [1.54, 1.807) is 11.0 Å². The van der Waals surface area contributed by atoms with Crippen LogP contribution < -0.4 is 5.56 Å². The minimum absolute atomic E-state index is 0.0464. The summed E-state index contributed by atoms with van der Waals surface area (Å²) in [5, 5.41) is 0.825. The molecule has 2 aromatic carbocycles. The van der Waals surface area contributed by atoms with Crippen molar-refractivity contribution >= 4 is 26.8 Å². The summed E-state index contributed by atoms with van der Waals surface area (Å²) in [4.78, 5) is 28.9. The molecular formula is C25H28FN3O4S. The quantitative estimate of drug-likeness (QED) is 0.529. The van der Waals surface area contributed by atoms with E-state index < -0.39 is 20.7 Å². The number of H-pyrrole nitrogens is 1. The largest absolute Gasteiger partial charge is 0.343 e. The summed E-state index contributed by atoms with van der Waals surface area (Å²) in [5.74, 6) is -0.791. The van der Waals surface area contributed by atoms with Crippen molar-refractivity contribution in [2.75, 3.05) is 19.6 Å². The monoisotopic (exact) mass is 485 g/mol. The van der Waals surface area contributed by atoms with Gasteiger partial charge < -0.3 is 9.88 Å². The maximum atomic E-state index is 14.5. The number of rotatable bonds is 8. The second-order valence-electron chi connectivity index (χ2n) is 8.77. The molecule has 7 nitrogen and oxygen atoms in total. The molecule has 1 amide bonds. The number of fused-ring (bicyclic) bond motifs is 1. The Morgan fingerprint density at radius 1 is 1.12 bits per heavy atom. The third-order valence-electron chi connectivity index (χ3n) is 6.20. The molecule has 1 saturated heterocycles. The number of aromatic amines is 1. The highest BCUT2D eigenvalue weighted by Gasteiger charge is 2.29. The summed E-state index contributed by atoms with van der Waals surface area (Å²) < 4.78 is 42.4. The molecule has 0 atom stereocenters. The number of likely N-dealkylation sites (tertiary alicyclic amines) is 1. The van der Waals surface area contributed by atoms with E-state index in [0.717, 1.165) is 33.3 Å². The van der Waals surface area contributed by atoms with Crippen LogP contribution in [0.4, 0.5) is 4.39 Å². The molecule has 0 aliphatic carbocycles. The molecule has 3 aromatic rings. The van der Waals surface area contributed by atoms with Crippen LogP contribution in [0.3, 0.4) is 0 Å². The van der Waals surface area contributed by atoms with Crippen molar-refractivity contribution in [1.82, 2.24) is 14.2 Å². The number of halogens is 1. The lowest BCUT2D eigenvalue weighted by atomic mass is 10.0. The SMILES string of the molecule is Cc1cc(C)c2cc(CN(CCCN3CCCC3=O)S(=O)(=O)c3ccccc3F)c(=O)[nH]c2c1. The first-order chi connectivity index (χ1) is 16.2. The second kappa shape index (κ2) is 9.68. The number of hydrogen-bond acceptors (Lipinski definition) is 4. The molecule has 34 heavy (non-hydrogen) atoms. The van der Waals surface area contributed by atoms with Crippen LogP contribution >= 0.6 is 0 Å². The first-order valence-corrected chi connectivity index (χ1v) is 12.8. The van der Waals surface area contributed by atoms with Gasteiger partial charge in [-0.25, -0.2) is 12.8 Å². The summed E-state index contributed by atoms with van der Waals surface area (Å²) in [7, 11) is -4.22. The van der Waals surface area contributed by atoms with Gasteiger partial charge in [-0.1, -0.05) is 18.2 Å². The maximum absolute atomic E-state index is 14.5. The van der Waals surface area contributed by atoms with E-state index in [2.05, 4.69) is 4.98 Å². The number of carbonyl (C=O) groups is 1. The highest BCUT2D eigenvalue weighted by Crippen LogP contribution is 2.23. The van der Waals surface area contributed by atoms with E-state index in [-0.39, 0.29) is 30.1 Å². The van der Waals surface area contributed by atoms with Crippen LogP contribution in [0.1, 0.15) is 36.0 Å². The second-order valence-corrected chi connectivity index (χ2v) is 10.7. The Labute approximate surface area is 198 Å². The third-order valence-corrected chi connectivity index (χ3v) is 8.08. The van der Waals surface area contributed by atoms with Gasteiger partial charge in [0.15, 0.2) is 0 Å². The van der Waals surface area contributed by atoms with E-state index >= 15 is 0 Å². The number of carbonyl (C=O) groups excluding carboxylic acids is 1. The van der Waals surface area contributed by atoms with Crippen molar-refractivity contribution in [3.63, 3.8) is 0 Å². The average Bonchev–Trinajstić information content (AvgIpc) is 3.18. The summed E-state index contributed by atoms with van der Waals surface area (Å²) in [6.45, 7) is 4.77. The third kappa shape index (κ3) is 4.90. The van der Waals surface area contributed by atoms with Crippen LogP contribution in [0, 0.1) is 19.7 Å². The molecule has 0 radical (unpaired) electrons. The van der Waals surface area contributed by atoms with Gasteiger partial charge in [0.1, 0.15) is 10.7 Å². The predicted octanol–water partition coefficient (Wildman–Crippen LogP) is 3.49. The molecule has 0 bridgehead atoms. The molecule has 0 spiro atoms. The fourth-order valence-corrected chi connectivity index (χ4v) is 6.00. The Hall–Kier alpha value is -3.04. The number of aromatic nitrogens is 1. The molecule has 0 unspecified atom stereocenters. The summed E-state index contributed by atoms with van der Waals surface area (Å²) in [5.41, 5.74) is 2.54. The molecule has 4 rings (SSSR count). The van der Waals surface area contributed by atoms with Gasteiger partial charge in [-0.15, -0.1) is 0 Å². The van der Waals surface area contributed by atoms with Crippen molar-refractivity contribution in [3.8, 4) is 0 Å². The van der Waals surface area contributed by atoms with E-state index in [1.165, 1.54) is 18.2 Å². The number of benzene rings is 2. The lowest BCUT2D eigenvalue weighted by Gasteiger charge is -2.24. The van der Waals surface area contributed by atoms with Crippen LogP contribution in [0.25, 0.3) is 10.9 Å². The van der Waals surface area contributed by atoms with Gasteiger partial charge in [0.05, 0.1) is 0 Å². The zero-order valence-corrected chi connectivity index (χ0v) is 20.1. The van der Waals surface area contributed by atoms with Gasteiger partial charge >= 0.3 is 0 Å². The first-order valence-electron chi connectivity index (χ1n) is 11.3. The van der Waals surface area contributed by atoms with Crippen LogP contribution in [0.15, 0.2) is 52.2 Å². The molecule has 0 saturated carbocycles. The molecule has 1 fully saturated rings. The van der Waals surface area contributed by atoms with Crippen molar-refractivity contribution < 1.29 is 17.6 Å². The fraction of sp³-hybridized carbons (Fsp3) is 0.360. The van der Waals surface area contributed by atoms with Gasteiger partial charge in [-0.3, -0.25) is 9.59 Å². The maximum Gasteiger partial charge on any atom is 0.252 e. The van der Waals surface area contributed by atoms with Crippen molar-refractivity contribution in [2.24, 2.45) is 0 Å². The lowest BCUT2D eigenvalue weighted by Crippen LogP contribution is -2.36. The van der Waals surface area contributed by atoms with Gasteiger partial charge in [0, 0.05) is 49.1 Å². The van der Waals surface area contributed by atoms with E-state index in [1.807, 2.05) is 26.0 Å². The summed E-state index contributed by atoms with van der Waals surface area (Å²) in [6.07, 6.45) is 1.67. The van der Waals surface area contributed by atoms with Crippen molar-refractivity contribution in [3.05, 3.63) is 75.3 Å². The van der Waals surface area contributed by atoms with Gasteiger partial charge in [0.2, 0.25) is 15.9 Å². The fourth-order valence-electron chi connectivity index (χ4n) is 4.48. The molecule has 2 heterocycles. The Morgan fingerprint density at radius 2 is 1.88 bits per heavy atom. The van der Waals surface area contributed by atoms with Gasteiger partial charge in [-0.2, -0.15) is 4.31 Å². The first kappa shape index (κ1) is 24.1. The van der Waals surface area contributed by atoms with E-state index in [4.69, 9.17) is 0 Å². The molecule has 1 aliphatic heterocycles. The van der Waals surface area contributed by atoms with E-state index in [0.29, 0.717) is 31.4 Å². The zero-order valence-electron chi connectivity index (χ0n) is 19.3. The number of amides is 1. The topological polar surface area (TPSA) is 90.6 Å². The highest BCUT2D eigenvalue weighted by atomic mass is 32.2. The standard InChI is InChI=1S/C25H28FN3O4S/c1-17-13-18(2)20-15-19(25(31)27-22(20)14-17)16-29(12-6-11-28-10-5-9-24(28)30)34(32,33)23-8-4-3-7-21(23)26/h3-4,7-8,13-15H,5-6,9-12,16H2,1-2H3,(H,27,31). The zero-order chi connectivity index (χ0) is 24.5. The van der Waals surface area contributed by atoms with Crippen LogP contribution in [-0.4, -0.2) is 48.1 Å². The minimum atomic E-state index is -4.22. The van der Waals surface area contributed by atoms with Gasteiger partial charge in [0.25, 0.3) is 5.56 Å². The number of nitrogens with one attached hydrogen (secondary N) is 1. The van der Waals surface area contributed by atoms with Crippen molar-refractivity contribution in [2.45, 2.75) is 44.6 Å². The summed E-state index contributed by atoms with van der Waals surface area (Å²) >= 11 is 0. The predicted molar refractivity (Wildman–Crippen MR) is 128 cm³/mol. The number of pyridine rings is 1. The Morgan fingerprint density at radius 3 is 2.59 bits per heavy atom. The smallest absolute Gasteiger partial charge is 0.252 e. The van der Waals surface area contributed by atoms with E-state index in [9.17, 15) is 22.4 Å². The average molecular weight is 486 g/mol. The number of nitrogens with zero attached hydrogens (tertiary/aromatic N) is 2.